The zero-order valence-corrected chi connectivity index (χ0v) is 17.3. The van der Waals surface area contributed by atoms with Gasteiger partial charge in [0, 0.05) is 31.1 Å². The number of fused-ring (bicyclic) bond motifs is 1. The molecule has 0 saturated heterocycles. The third-order valence-electron chi connectivity index (χ3n) is 5.41. The minimum Gasteiger partial charge on any atom is -0.326 e. The lowest BCUT2D eigenvalue weighted by molar-refractivity contribution is -0.907. The third-order valence-corrected chi connectivity index (χ3v) is 5.41. The van der Waals surface area contributed by atoms with Crippen LogP contribution >= 0.6 is 0 Å². The summed E-state index contributed by atoms with van der Waals surface area (Å²) >= 11 is 0. The van der Waals surface area contributed by atoms with Crippen molar-refractivity contribution in [2.45, 2.75) is 31.5 Å². The highest BCUT2D eigenvalue weighted by molar-refractivity contribution is 5.87. The van der Waals surface area contributed by atoms with Crippen molar-refractivity contribution in [3.8, 4) is 0 Å². The molecule has 0 aliphatic carbocycles. The second kappa shape index (κ2) is 10.3. The molecule has 166 valence electrons. The second-order valence-electron chi connectivity index (χ2n) is 8.01. The molecule has 0 aliphatic rings. The van der Waals surface area contributed by atoms with Crippen LogP contribution in [0.3, 0.4) is 0 Å². The molecule has 0 saturated carbocycles. The lowest BCUT2D eigenvalue weighted by Gasteiger charge is -2.34. The standard InChI is InChI=1S/C21H31F3N5O/c1-29(9-6-25,10-7-26)8-2-3-18(27)20(30)12-15-11-16-13-17(21(22,23)24)4-5-19(16)28-14-15/h4-5,11,13-14,18H,2-3,6-10,12,25-27H2,1H3/q+1/t18-/m0/s1. The SMILES string of the molecule is C[N+](CCN)(CCN)CCC[C@H](N)C(=O)Cc1cnc2ccc(C(F)(F)F)cc2c1. The molecule has 0 spiro atoms. The zero-order valence-electron chi connectivity index (χ0n) is 17.3. The van der Waals surface area contributed by atoms with Crippen LogP contribution in [0.1, 0.15) is 24.0 Å². The Morgan fingerprint density at radius 3 is 2.40 bits per heavy atom. The molecule has 1 heterocycles. The van der Waals surface area contributed by atoms with Crippen molar-refractivity contribution >= 4 is 16.7 Å². The molecule has 2 rings (SSSR count). The molecule has 0 radical (unpaired) electrons. The van der Waals surface area contributed by atoms with E-state index in [4.69, 9.17) is 17.2 Å². The lowest BCUT2D eigenvalue weighted by atomic mass is 10.00. The van der Waals surface area contributed by atoms with Crippen LogP contribution < -0.4 is 17.2 Å². The fourth-order valence-corrected chi connectivity index (χ4v) is 3.60. The van der Waals surface area contributed by atoms with Crippen molar-refractivity contribution in [2.75, 3.05) is 39.8 Å². The van der Waals surface area contributed by atoms with Gasteiger partial charge in [0.15, 0.2) is 5.78 Å². The molecule has 6 nitrogen and oxygen atoms in total. The van der Waals surface area contributed by atoms with Crippen LogP contribution in [0.4, 0.5) is 13.2 Å². The summed E-state index contributed by atoms with van der Waals surface area (Å²) in [5.41, 5.74) is 17.7. The molecule has 1 aromatic carbocycles. The summed E-state index contributed by atoms with van der Waals surface area (Å²) in [4.78, 5) is 16.7. The Labute approximate surface area is 174 Å². The van der Waals surface area contributed by atoms with Gasteiger partial charge >= 0.3 is 6.18 Å². The third kappa shape index (κ3) is 6.73. The number of benzene rings is 1. The summed E-state index contributed by atoms with van der Waals surface area (Å²) in [6.07, 6.45) is -1.59. The van der Waals surface area contributed by atoms with Gasteiger partial charge in [-0.05, 0) is 42.7 Å². The number of hydrogen-bond acceptors (Lipinski definition) is 5. The summed E-state index contributed by atoms with van der Waals surface area (Å²) in [6.45, 7) is 3.57. The number of pyridine rings is 1. The Bertz CT molecular complexity index is 850. The molecule has 2 aromatic rings. The Morgan fingerprint density at radius 1 is 1.13 bits per heavy atom. The van der Waals surface area contributed by atoms with E-state index in [2.05, 4.69) is 12.0 Å². The monoisotopic (exact) mass is 426 g/mol. The summed E-state index contributed by atoms with van der Waals surface area (Å²) in [6, 6.07) is 4.31. The topological polar surface area (TPSA) is 108 Å². The highest BCUT2D eigenvalue weighted by Gasteiger charge is 2.30. The van der Waals surface area contributed by atoms with E-state index in [1.165, 1.54) is 12.3 Å². The molecule has 9 heteroatoms. The second-order valence-corrected chi connectivity index (χ2v) is 8.01. The molecule has 1 aromatic heterocycles. The average molecular weight is 427 g/mol. The first-order valence-corrected chi connectivity index (χ1v) is 10.1. The van der Waals surface area contributed by atoms with E-state index >= 15 is 0 Å². The number of nitrogens with zero attached hydrogens (tertiary/aromatic N) is 2. The van der Waals surface area contributed by atoms with Gasteiger partial charge in [0.1, 0.15) is 0 Å². The van der Waals surface area contributed by atoms with Gasteiger partial charge in [0.2, 0.25) is 0 Å². The summed E-state index contributed by atoms with van der Waals surface area (Å²) in [5.74, 6) is -0.157. The summed E-state index contributed by atoms with van der Waals surface area (Å²) in [5, 5.41) is 0.348. The van der Waals surface area contributed by atoms with Gasteiger partial charge < -0.3 is 21.7 Å². The molecule has 0 amide bonds. The Kier molecular flexibility index (Phi) is 8.31. The number of carbonyl (C=O) groups is 1. The van der Waals surface area contributed by atoms with Crippen molar-refractivity contribution in [1.29, 1.82) is 0 Å². The minimum absolute atomic E-state index is 0.0398. The molecule has 0 bridgehead atoms. The first kappa shape index (κ1) is 24.2. The van der Waals surface area contributed by atoms with Crippen LogP contribution in [-0.2, 0) is 17.4 Å². The maximum absolute atomic E-state index is 12.9. The molecular weight excluding hydrogens is 395 g/mol. The predicted octanol–water partition coefficient (Wildman–Crippen LogP) is 1.84. The molecular formula is C21H31F3N5O+. The zero-order chi connectivity index (χ0) is 22.4. The molecule has 30 heavy (non-hydrogen) atoms. The van der Waals surface area contributed by atoms with Crippen LogP contribution in [0, 0.1) is 0 Å². The van der Waals surface area contributed by atoms with Gasteiger partial charge in [-0.2, -0.15) is 13.2 Å². The summed E-state index contributed by atoms with van der Waals surface area (Å²) < 4.78 is 39.5. The maximum atomic E-state index is 12.9. The van der Waals surface area contributed by atoms with E-state index in [9.17, 15) is 18.0 Å². The normalized spacial score (nSPS) is 13.6. The number of carbonyl (C=O) groups excluding carboxylic acids is 1. The largest absolute Gasteiger partial charge is 0.416 e. The number of nitrogens with two attached hydrogens (primary N) is 3. The Hall–Kier alpha value is -2.07. The number of halogens is 3. The minimum atomic E-state index is -4.43. The molecule has 0 aliphatic heterocycles. The average Bonchev–Trinajstić information content (AvgIpc) is 2.67. The van der Waals surface area contributed by atoms with Crippen molar-refractivity contribution in [3.05, 3.63) is 41.6 Å². The maximum Gasteiger partial charge on any atom is 0.416 e. The number of quaternary nitrogens is 1. The van der Waals surface area contributed by atoms with Crippen LogP contribution in [0.2, 0.25) is 0 Å². The van der Waals surface area contributed by atoms with E-state index in [0.717, 1.165) is 42.7 Å². The number of likely N-dealkylation sites (N-methyl/N-ethyl adjacent to an activating group) is 1. The Balaban J connectivity index is 1.98. The number of aromatic nitrogens is 1. The number of ketones is 1. The quantitative estimate of drug-likeness (QED) is 0.475. The molecule has 0 fully saturated rings. The van der Waals surface area contributed by atoms with Gasteiger partial charge in [0.05, 0.1) is 43.8 Å². The van der Waals surface area contributed by atoms with Crippen molar-refractivity contribution < 1.29 is 22.4 Å². The molecule has 6 N–H and O–H groups in total. The van der Waals surface area contributed by atoms with Gasteiger partial charge in [-0.15, -0.1) is 0 Å². The van der Waals surface area contributed by atoms with Crippen LogP contribution in [0.5, 0.6) is 0 Å². The highest BCUT2D eigenvalue weighted by Crippen LogP contribution is 2.31. The van der Waals surface area contributed by atoms with Gasteiger partial charge in [-0.1, -0.05) is 0 Å². The van der Waals surface area contributed by atoms with E-state index in [1.54, 1.807) is 6.07 Å². The fourth-order valence-electron chi connectivity index (χ4n) is 3.60. The van der Waals surface area contributed by atoms with E-state index < -0.39 is 17.8 Å². The van der Waals surface area contributed by atoms with E-state index in [1.807, 2.05) is 0 Å². The first-order valence-electron chi connectivity index (χ1n) is 10.1. The van der Waals surface area contributed by atoms with Crippen molar-refractivity contribution in [3.63, 3.8) is 0 Å². The summed E-state index contributed by atoms with van der Waals surface area (Å²) in [7, 11) is 2.09. The van der Waals surface area contributed by atoms with Gasteiger partial charge in [0.25, 0.3) is 0 Å². The van der Waals surface area contributed by atoms with Crippen molar-refractivity contribution in [1.82, 2.24) is 4.98 Å². The molecule has 0 unspecified atom stereocenters. The number of rotatable bonds is 11. The number of Topliss-reactive ketones (excluding diaryl/α,β-unsaturated/α-hetero) is 1. The van der Waals surface area contributed by atoms with Crippen LogP contribution in [0.25, 0.3) is 10.9 Å². The van der Waals surface area contributed by atoms with Crippen LogP contribution in [0.15, 0.2) is 30.5 Å². The van der Waals surface area contributed by atoms with E-state index in [0.29, 0.717) is 36.0 Å². The molecule has 1 atom stereocenters. The van der Waals surface area contributed by atoms with Gasteiger partial charge in [-0.3, -0.25) is 9.78 Å². The van der Waals surface area contributed by atoms with E-state index in [-0.39, 0.29) is 12.2 Å². The highest BCUT2D eigenvalue weighted by atomic mass is 19.4. The van der Waals surface area contributed by atoms with Gasteiger partial charge in [-0.25, -0.2) is 0 Å². The Morgan fingerprint density at radius 2 is 1.80 bits per heavy atom. The van der Waals surface area contributed by atoms with Crippen molar-refractivity contribution in [2.24, 2.45) is 17.2 Å². The van der Waals surface area contributed by atoms with Crippen LogP contribution in [-0.4, -0.2) is 61.1 Å². The number of alkyl halides is 3. The number of hydrogen-bond donors (Lipinski definition) is 3. The predicted molar refractivity (Wildman–Crippen MR) is 112 cm³/mol. The fraction of sp³-hybridized carbons (Fsp3) is 0.524. The lowest BCUT2D eigenvalue weighted by Crippen LogP contribution is -2.51. The smallest absolute Gasteiger partial charge is 0.326 e. The first-order chi connectivity index (χ1) is 14.1.